The van der Waals surface area contributed by atoms with Gasteiger partial charge in [-0.15, -0.1) is 0 Å². The summed E-state index contributed by atoms with van der Waals surface area (Å²) in [6, 6.07) is 5.89. The zero-order chi connectivity index (χ0) is 15.2. The van der Waals surface area contributed by atoms with E-state index in [1.165, 1.54) is 5.56 Å². The van der Waals surface area contributed by atoms with Gasteiger partial charge in [0, 0.05) is 12.6 Å². The standard InChI is InChI=1S/C14H21F3N2O/c1-10-4-3-5-11(2)13(10)8-12(19-18)6-7-20-9-14(15,16)17/h3-5,12,19H,6-9,18H2,1-2H3. The quantitative estimate of drug-likeness (QED) is 0.461. The van der Waals surface area contributed by atoms with E-state index in [-0.39, 0.29) is 12.6 Å². The molecule has 1 atom stereocenters. The Labute approximate surface area is 117 Å². The van der Waals surface area contributed by atoms with E-state index in [1.54, 1.807) is 0 Å². The van der Waals surface area contributed by atoms with E-state index in [1.807, 2.05) is 32.0 Å². The predicted molar refractivity (Wildman–Crippen MR) is 72.2 cm³/mol. The minimum atomic E-state index is -4.28. The van der Waals surface area contributed by atoms with Gasteiger partial charge in [-0.3, -0.25) is 11.3 Å². The Morgan fingerprint density at radius 1 is 1.25 bits per heavy atom. The van der Waals surface area contributed by atoms with Gasteiger partial charge in [-0.05, 0) is 43.4 Å². The van der Waals surface area contributed by atoms with Gasteiger partial charge in [0.2, 0.25) is 0 Å². The summed E-state index contributed by atoms with van der Waals surface area (Å²) in [5.74, 6) is 5.46. The van der Waals surface area contributed by atoms with Gasteiger partial charge in [0.15, 0.2) is 0 Å². The number of nitrogens with one attached hydrogen (secondary N) is 1. The Balaban J connectivity index is 2.47. The van der Waals surface area contributed by atoms with Crippen LogP contribution in [0.15, 0.2) is 18.2 Å². The van der Waals surface area contributed by atoms with Crippen molar-refractivity contribution in [2.24, 2.45) is 5.84 Å². The zero-order valence-electron chi connectivity index (χ0n) is 11.8. The highest BCUT2D eigenvalue weighted by atomic mass is 19.4. The Hall–Kier alpha value is -1.11. The smallest absolute Gasteiger partial charge is 0.372 e. The second kappa shape index (κ2) is 7.61. The van der Waals surface area contributed by atoms with Crippen molar-refractivity contribution in [3.05, 3.63) is 34.9 Å². The molecule has 0 fully saturated rings. The van der Waals surface area contributed by atoms with Crippen LogP contribution in [0.25, 0.3) is 0 Å². The third kappa shape index (κ3) is 5.90. The fourth-order valence-electron chi connectivity index (χ4n) is 2.08. The molecule has 20 heavy (non-hydrogen) atoms. The van der Waals surface area contributed by atoms with Gasteiger partial charge in [-0.1, -0.05) is 18.2 Å². The van der Waals surface area contributed by atoms with Crippen LogP contribution in [0.5, 0.6) is 0 Å². The number of nitrogens with two attached hydrogens (primary N) is 1. The maximum Gasteiger partial charge on any atom is 0.411 e. The van der Waals surface area contributed by atoms with Gasteiger partial charge >= 0.3 is 6.18 Å². The van der Waals surface area contributed by atoms with Crippen molar-refractivity contribution in [3.8, 4) is 0 Å². The summed E-state index contributed by atoms with van der Waals surface area (Å²) < 4.78 is 40.5. The highest BCUT2D eigenvalue weighted by molar-refractivity contribution is 5.34. The minimum absolute atomic E-state index is 0.0271. The lowest BCUT2D eigenvalue weighted by Gasteiger charge is -2.19. The number of alkyl halides is 3. The first kappa shape index (κ1) is 16.9. The molecular formula is C14H21F3N2O. The Kier molecular flexibility index (Phi) is 6.45. The summed E-state index contributed by atoms with van der Waals surface area (Å²) in [7, 11) is 0. The van der Waals surface area contributed by atoms with Crippen LogP contribution in [0.4, 0.5) is 13.2 Å². The first-order chi connectivity index (χ1) is 9.33. The molecule has 0 aliphatic heterocycles. The molecule has 114 valence electrons. The van der Waals surface area contributed by atoms with Crippen molar-refractivity contribution < 1.29 is 17.9 Å². The van der Waals surface area contributed by atoms with E-state index >= 15 is 0 Å². The highest BCUT2D eigenvalue weighted by Crippen LogP contribution is 2.17. The number of aryl methyl sites for hydroxylation is 2. The van der Waals surface area contributed by atoms with Crippen LogP contribution in [0.2, 0.25) is 0 Å². The van der Waals surface area contributed by atoms with Crippen LogP contribution < -0.4 is 11.3 Å². The average Bonchev–Trinajstić information content (AvgIpc) is 2.35. The molecule has 0 radical (unpaired) electrons. The first-order valence-electron chi connectivity index (χ1n) is 6.49. The van der Waals surface area contributed by atoms with E-state index in [9.17, 15) is 13.2 Å². The van der Waals surface area contributed by atoms with Gasteiger partial charge in [0.1, 0.15) is 6.61 Å². The number of halogens is 3. The van der Waals surface area contributed by atoms with Gasteiger partial charge in [0.25, 0.3) is 0 Å². The summed E-state index contributed by atoms with van der Waals surface area (Å²) >= 11 is 0. The van der Waals surface area contributed by atoms with Crippen molar-refractivity contribution in [2.75, 3.05) is 13.2 Å². The van der Waals surface area contributed by atoms with E-state index in [4.69, 9.17) is 5.84 Å². The Morgan fingerprint density at radius 3 is 2.35 bits per heavy atom. The Morgan fingerprint density at radius 2 is 1.85 bits per heavy atom. The molecule has 0 bridgehead atoms. The molecule has 1 rings (SSSR count). The van der Waals surface area contributed by atoms with Gasteiger partial charge in [-0.25, -0.2) is 0 Å². The molecular weight excluding hydrogens is 269 g/mol. The second-order valence-electron chi connectivity index (χ2n) is 4.89. The predicted octanol–water partition coefficient (Wildman–Crippen LogP) is 2.65. The molecule has 3 nitrogen and oxygen atoms in total. The number of hydrogen-bond acceptors (Lipinski definition) is 3. The molecule has 0 amide bonds. The molecule has 1 aromatic carbocycles. The third-order valence-electron chi connectivity index (χ3n) is 3.21. The topological polar surface area (TPSA) is 47.3 Å². The number of benzene rings is 1. The minimum Gasteiger partial charge on any atom is -0.372 e. The molecule has 0 aliphatic rings. The monoisotopic (exact) mass is 290 g/mol. The van der Waals surface area contributed by atoms with Crippen LogP contribution in [-0.2, 0) is 11.2 Å². The van der Waals surface area contributed by atoms with Gasteiger partial charge in [0.05, 0.1) is 0 Å². The Bertz CT molecular complexity index is 401. The average molecular weight is 290 g/mol. The van der Waals surface area contributed by atoms with Crippen LogP contribution >= 0.6 is 0 Å². The normalized spacial score (nSPS) is 13.5. The summed E-state index contributed by atoms with van der Waals surface area (Å²) in [4.78, 5) is 0. The summed E-state index contributed by atoms with van der Waals surface area (Å²) in [6.45, 7) is 2.83. The van der Waals surface area contributed by atoms with E-state index < -0.39 is 12.8 Å². The number of rotatable bonds is 7. The number of hydrogen-bond donors (Lipinski definition) is 2. The van der Waals surface area contributed by atoms with Gasteiger partial charge in [-0.2, -0.15) is 13.2 Å². The molecule has 1 aromatic rings. The number of ether oxygens (including phenoxy) is 1. The fourth-order valence-corrected chi connectivity index (χ4v) is 2.08. The molecule has 0 saturated carbocycles. The summed E-state index contributed by atoms with van der Waals surface area (Å²) in [5, 5.41) is 0. The largest absolute Gasteiger partial charge is 0.411 e. The van der Waals surface area contributed by atoms with Crippen LogP contribution in [0.3, 0.4) is 0 Å². The molecule has 3 N–H and O–H groups in total. The molecule has 0 saturated heterocycles. The van der Waals surface area contributed by atoms with Crippen molar-refractivity contribution in [1.82, 2.24) is 5.43 Å². The van der Waals surface area contributed by atoms with E-state index in [2.05, 4.69) is 10.2 Å². The molecule has 6 heteroatoms. The second-order valence-corrected chi connectivity index (χ2v) is 4.89. The zero-order valence-corrected chi connectivity index (χ0v) is 11.8. The molecule has 1 unspecified atom stereocenters. The number of hydrazine groups is 1. The maximum absolute atomic E-state index is 11.9. The lowest BCUT2D eigenvalue weighted by molar-refractivity contribution is -0.174. The van der Waals surface area contributed by atoms with Crippen molar-refractivity contribution in [3.63, 3.8) is 0 Å². The van der Waals surface area contributed by atoms with Crippen molar-refractivity contribution >= 4 is 0 Å². The highest BCUT2D eigenvalue weighted by Gasteiger charge is 2.27. The maximum atomic E-state index is 11.9. The SMILES string of the molecule is Cc1cccc(C)c1CC(CCOCC(F)(F)F)NN. The van der Waals surface area contributed by atoms with Gasteiger partial charge < -0.3 is 4.74 Å². The summed E-state index contributed by atoms with van der Waals surface area (Å²) in [5.41, 5.74) is 6.12. The van der Waals surface area contributed by atoms with Crippen LogP contribution in [0, 0.1) is 13.8 Å². The van der Waals surface area contributed by atoms with E-state index in [0.717, 1.165) is 11.1 Å². The lowest BCUT2D eigenvalue weighted by Crippen LogP contribution is -2.38. The van der Waals surface area contributed by atoms with Crippen molar-refractivity contribution in [1.29, 1.82) is 0 Å². The molecule has 0 spiro atoms. The molecule has 0 heterocycles. The van der Waals surface area contributed by atoms with E-state index in [0.29, 0.717) is 12.8 Å². The van der Waals surface area contributed by atoms with Crippen LogP contribution in [-0.4, -0.2) is 25.4 Å². The first-order valence-corrected chi connectivity index (χ1v) is 6.49. The summed E-state index contributed by atoms with van der Waals surface area (Å²) in [6.07, 6.45) is -3.18. The lowest BCUT2D eigenvalue weighted by atomic mass is 9.95. The third-order valence-corrected chi connectivity index (χ3v) is 3.21. The van der Waals surface area contributed by atoms with Crippen molar-refractivity contribution in [2.45, 2.75) is 38.9 Å². The fraction of sp³-hybridized carbons (Fsp3) is 0.571. The van der Waals surface area contributed by atoms with Crippen LogP contribution in [0.1, 0.15) is 23.1 Å². The molecule has 0 aliphatic carbocycles. The molecule has 0 aromatic heterocycles.